The minimum atomic E-state index is -1.18. The number of hydrogen-bond donors (Lipinski definition) is 2. The van der Waals surface area contributed by atoms with Crippen molar-refractivity contribution in [3.8, 4) is 0 Å². The molecule has 0 bridgehead atoms. The van der Waals surface area contributed by atoms with E-state index < -0.39 is 23.7 Å². The third kappa shape index (κ3) is 3.20. The molecule has 98 valence electrons. The quantitative estimate of drug-likeness (QED) is 0.885. The molecule has 0 saturated heterocycles. The van der Waals surface area contributed by atoms with Gasteiger partial charge in [-0.1, -0.05) is 31.5 Å². The molecule has 1 amide bonds. The van der Waals surface area contributed by atoms with Crippen LogP contribution in [0.1, 0.15) is 24.2 Å². The van der Waals surface area contributed by atoms with Crippen LogP contribution in [0.25, 0.3) is 0 Å². The van der Waals surface area contributed by atoms with Crippen molar-refractivity contribution in [2.75, 3.05) is 0 Å². The van der Waals surface area contributed by atoms with Crippen molar-refractivity contribution in [3.63, 3.8) is 0 Å². The highest BCUT2D eigenvalue weighted by atomic mass is 35.5. The number of carbonyl (C=O) groups is 2. The van der Waals surface area contributed by atoms with E-state index in [0.717, 1.165) is 6.07 Å². The molecule has 0 aliphatic rings. The number of carboxylic acids is 1. The van der Waals surface area contributed by atoms with E-state index in [1.165, 1.54) is 12.1 Å². The predicted molar refractivity (Wildman–Crippen MR) is 65.1 cm³/mol. The maximum absolute atomic E-state index is 13.5. The normalized spacial score (nSPS) is 12.3. The molecule has 0 aliphatic heterocycles. The second-order valence-corrected chi connectivity index (χ2v) is 4.54. The van der Waals surface area contributed by atoms with E-state index in [9.17, 15) is 14.0 Å². The number of rotatable bonds is 4. The molecule has 1 rings (SSSR count). The first-order chi connectivity index (χ1) is 8.34. The number of halogens is 2. The third-order valence-electron chi connectivity index (χ3n) is 2.41. The van der Waals surface area contributed by atoms with E-state index in [-0.39, 0.29) is 16.5 Å². The Hall–Kier alpha value is -1.62. The second kappa shape index (κ2) is 5.82. The lowest BCUT2D eigenvalue weighted by Gasteiger charge is -2.18. The van der Waals surface area contributed by atoms with Gasteiger partial charge >= 0.3 is 5.97 Å². The van der Waals surface area contributed by atoms with Crippen LogP contribution in [0.5, 0.6) is 0 Å². The molecule has 1 aromatic carbocycles. The number of amides is 1. The summed E-state index contributed by atoms with van der Waals surface area (Å²) >= 11 is 5.72. The van der Waals surface area contributed by atoms with Gasteiger partial charge in [0.25, 0.3) is 5.91 Å². The highest BCUT2D eigenvalue weighted by molar-refractivity contribution is 6.33. The average Bonchev–Trinajstić information content (AvgIpc) is 2.24. The van der Waals surface area contributed by atoms with Crippen LogP contribution in [0.4, 0.5) is 4.39 Å². The standard InChI is InChI=1S/C12H13ClFNO3/c1-6(2)10(12(17)18)15-11(16)9-7(13)4-3-5-8(9)14/h3-6,10H,1-2H3,(H,15,16)(H,17,18). The highest BCUT2D eigenvalue weighted by Gasteiger charge is 2.26. The van der Waals surface area contributed by atoms with Crippen LogP contribution in [-0.2, 0) is 4.79 Å². The summed E-state index contributed by atoms with van der Waals surface area (Å²) < 4.78 is 13.5. The maximum Gasteiger partial charge on any atom is 0.326 e. The van der Waals surface area contributed by atoms with Crippen LogP contribution < -0.4 is 5.32 Å². The summed E-state index contributed by atoms with van der Waals surface area (Å²) in [6.07, 6.45) is 0. The largest absolute Gasteiger partial charge is 0.480 e. The average molecular weight is 274 g/mol. The van der Waals surface area contributed by atoms with Gasteiger partial charge in [0.2, 0.25) is 0 Å². The Labute approximate surface area is 109 Å². The molecule has 0 saturated carbocycles. The van der Waals surface area contributed by atoms with E-state index in [0.29, 0.717) is 0 Å². The maximum atomic E-state index is 13.5. The van der Waals surface area contributed by atoms with E-state index >= 15 is 0 Å². The Morgan fingerprint density at radius 3 is 2.44 bits per heavy atom. The highest BCUT2D eigenvalue weighted by Crippen LogP contribution is 2.19. The van der Waals surface area contributed by atoms with Gasteiger partial charge in [-0.15, -0.1) is 0 Å². The topological polar surface area (TPSA) is 66.4 Å². The molecule has 6 heteroatoms. The molecule has 0 aromatic heterocycles. The molecule has 1 aromatic rings. The summed E-state index contributed by atoms with van der Waals surface area (Å²) in [6, 6.07) is 2.73. The van der Waals surface area contributed by atoms with Crippen LogP contribution in [0.2, 0.25) is 5.02 Å². The fourth-order valence-corrected chi connectivity index (χ4v) is 1.69. The molecule has 0 spiro atoms. The number of carboxylic acid groups (broad SMARTS) is 1. The van der Waals surface area contributed by atoms with Crippen LogP contribution >= 0.6 is 11.6 Å². The van der Waals surface area contributed by atoms with E-state index in [2.05, 4.69) is 5.32 Å². The molecule has 4 nitrogen and oxygen atoms in total. The number of hydrogen-bond acceptors (Lipinski definition) is 2. The SMILES string of the molecule is CC(C)C(NC(=O)c1c(F)cccc1Cl)C(=O)O. The first kappa shape index (κ1) is 14.4. The predicted octanol–water partition coefficient (Wildman–Crippen LogP) is 2.32. The molecule has 2 N–H and O–H groups in total. The van der Waals surface area contributed by atoms with Crippen molar-refractivity contribution in [1.29, 1.82) is 0 Å². The van der Waals surface area contributed by atoms with Crippen LogP contribution in [-0.4, -0.2) is 23.0 Å². The lowest BCUT2D eigenvalue weighted by molar-refractivity contribution is -0.140. The van der Waals surface area contributed by atoms with Gasteiger partial charge in [-0.05, 0) is 18.1 Å². The molecule has 0 fully saturated rings. The van der Waals surface area contributed by atoms with Crippen molar-refractivity contribution >= 4 is 23.5 Å². The lowest BCUT2D eigenvalue weighted by atomic mass is 10.0. The van der Waals surface area contributed by atoms with Crippen LogP contribution in [0, 0.1) is 11.7 Å². The van der Waals surface area contributed by atoms with Crippen molar-refractivity contribution < 1.29 is 19.1 Å². The van der Waals surface area contributed by atoms with E-state index in [4.69, 9.17) is 16.7 Å². The molecular weight excluding hydrogens is 261 g/mol. The zero-order valence-corrected chi connectivity index (χ0v) is 10.7. The minimum absolute atomic E-state index is 0.0552. The van der Waals surface area contributed by atoms with Crippen molar-refractivity contribution in [1.82, 2.24) is 5.32 Å². The Morgan fingerprint density at radius 2 is 2.00 bits per heavy atom. The minimum Gasteiger partial charge on any atom is -0.480 e. The van der Waals surface area contributed by atoms with Gasteiger partial charge in [0.05, 0.1) is 10.6 Å². The van der Waals surface area contributed by atoms with Gasteiger partial charge in [0.1, 0.15) is 11.9 Å². The summed E-state index contributed by atoms with van der Waals surface area (Å²) in [4.78, 5) is 22.7. The number of nitrogens with one attached hydrogen (secondary N) is 1. The van der Waals surface area contributed by atoms with Gasteiger partial charge in [0, 0.05) is 0 Å². The Bertz CT molecular complexity index is 456. The molecule has 0 aliphatic carbocycles. The van der Waals surface area contributed by atoms with Crippen molar-refractivity contribution in [2.45, 2.75) is 19.9 Å². The monoisotopic (exact) mass is 273 g/mol. The fraction of sp³-hybridized carbons (Fsp3) is 0.333. The van der Waals surface area contributed by atoms with Crippen molar-refractivity contribution in [3.05, 3.63) is 34.6 Å². The summed E-state index contributed by atoms with van der Waals surface area (Å²) in [5.74, 6) is -3.12. The lowest BCUT2D eigenvalue weighted by Crippen LogP contribution is -2.44. The molecule has 0 radical (unpaired) electrons. The Balaban J connectivity index is 2.98. The number of carbonyl (C=O) groups excluding carboxylic acids is 1. The molecule has 18 heavy (non-hydrogen) atoms. The zero-order chi connectivity index (χ0) is 13.9. The molecule has 1 unspecified atom stereocenters. The Kier molecular flexibility index (Phi) is 4.67. The number of aliphatic carboxylic acids is 1. The molecular formula is C12H13ClFNO3. The van der Waals surface area contributed by atoms with Crippen molar-refractivity contribution in [2.24, 2.45) is 5.92 Å². The molecule has 0 heterocycles. The van der Waals surface area contributed by atoms with Crippen LogP contribution in [0.15, 0.2) is 18.2 Å². The van der Waals surface area contributed by atoms with Gasteiger partial charge in [-0.2, -0.15) is 0 Å². The first-order valence-corrected chi connectivity index (χ1v) is 5.70. The number of benzene rings is 1. The summed E-state index contributed by atoms with van der Waals surface area (Å²) in [7, 11) is 0. The van der Waals surface area contributed by atoms with Gasteiger partial charge in [-0.25, -0.2) is 9.18 Å². The zero-order valence-electron chi connectivity index (χ0n) is 9.91. The van der Waals surface area contributed by atoms with E-state index in [1.54, 1.807) is 13.8 Å². The van der Waals surface area contributed by atoms with Crippen LogP contribution in [0.3, 0.4) is 0 Å². The van der Waals surface area contributed by atoms with Gasteiger partial charge in [-0.3, -0.25) is 4.79 Å². The summed E-state index contributed by atoms with van der Waals surface area (Å²) in [5, 5.41) is 11.1. The van der Waals surface area contributed by atoms with Gasteiger partial charge < -0.3 is 10.4 Å². The van der Waals surface area contributed by atoms with E-state index in [1.807, 2.05) is 0 Å². The fourth-order valence-electron chi connectivity index (χ4n) is 1.44. The first-order valence-electron chi connectivity index (χ1n) is 5.32. The Morgan fingerprint density at radius 1 is 1.39 bits per heavy atom. The smallest absolute Gasteiger partial charge is 0.326 e. The summed E-state index contributed by atoms with van der Waals surface area (Å²) in [5.41, 5.74) is -0.342. The second-order valence-electron chi connectivity index (χ2n) is 4.13. The molecule has 1 atom stereocenters. The van der Waals surface area contributed by atoms with Gasteiger partial charge in [0.15, 0.2) is 0 Å². The summed E-state index contributed by atoms with van der Waals surface area (Å²) in [6.45, 7) is 3.28. The third-order valence-corrected chi connectivity index (χ3v) is 2.72.